The molecule has 2 aromatic carbocycles. The van der Waals surface area contributed by atoms with Crippen molar-refractivity contribution in [2.75, 3.05) is 17.2 Å². The predicted molar refractivity (Wildman–Crippen MR) is 113 cm³/mol. The second-order valence-corrected chi connectivity index (χ2v) is 8.75. The highest BCUT2D eigenvalue weighted by Crippen LogP contribution is 2.54. The predicted octanol–water partition coefficient (Wildman–Crippen LogP) is 4.32. The van der Waals surface area contributed by atoms with E-state index in [9.17, 15) is 14.0 Å². The SMILES string of the molecule is Cc1ccc(CN2C(=O)C3(SCCN3C(=O)c3ccco3)c3cc(F)ccc32)cc1. The number of thioether (sulfide) groups is 1. The number of carbonyl (C=O) groups excluding carboxylic acids is 2. The van der Waals surface area contributed by atoms with E-state index in [4.69, 9.17) is 4.42 Å². The molecule has 0 N–H and O–H groups in total. The molecule has 2 aliphatic heterocycles. The van der Waals surface area contributed by atoms with Gasteiger partial charge in [-0.1, -0.05) is 29.8 Å². The molecule has 5 rings (SSSR count). The van der Waals surface area contributed by atoms with E-state index in [0.29, 0.717) is 30.1 Å². The van der Waals surface area contributed by atoms with Crippen LogP contribution >= 0.6 is 11.8 Å². The van der Waals surface area contributed by atoms with Crippen LogP contribution in [0, 0.1) is 12.7 Å². The highest BCUT2D eigenvalue weighted by molar-refractivity contribution is 8.01. The molecular weight excluding hydrogens is 403 g/mol. The summed E-state index contributed by atoms with van der Waals surface area (Å²) in [6.07, 6.45) is 1.43. The number of benzene rings is 2. The summed E-state index contributed by atoms with van der Waals surface area (Å²) in [5.74, 6) is -0.292. The number of halogens is 1. The highest BCUT2D eigenvalue weighted by Gasteiger charge is 2.59. The van der Waals surface area contributed by atoms with Gasteiger partial charge in [0.15, 0.2) is 10.6 Å². The maximum absolute atomic E-state index is 14.3. The number of hydrogen-bond donors (Lipinski definition) is 0. The van der Waals surface area contributed by atoms with Gasteiger partial charge in [-0.15, -0.1) is 11.8 Å². The van der Waals surface area contributed by atoms with E-state index in [1.807, 2.05) is 31.2 Å². The van der Waals surface area contributed by atoms with Gasteiger partial charge in [0.1, 0.15) is 5.82 Å². The van der Waals surface area contributed by atoms with E-state index in [0.717, 1.165) is 11.1 Å². The molecule has 0 bridgehead atoms. The third-order valence-electron chi connectivity index (χ3n) is 5.59. The number of aryl methyl sites for hydroxylation is 1. The van der Waals surface area contributed by atoms with Gasteiger partial charge in [0.25, 0.3) is 11.8 Å². The second kappa shape index (κ2) is 7.02. The van der Waals surface area contributed by atoms with Crippen molar-refractivity contribution in [2.24, 2.45) is 0 Å². The Hall–Kier alpha value is -3.06. The van der Waals surface area contributed by atoms with Gasteiger partial charge in [0.05, 0.1) is 18.5 Å². The highest BCUT2D eigenvalue weighted by atomic mass is 32.2. The number of nitrogens with zero attached hydrogens (tertiary/aromatic N) is 2. The molecule has 7 heteroatoms. The summed E-state index contributed by atoms with van der Waals surface area (Å²) in [5, 5.41) is 0. The van der Waals surface area contributed by atoms with Crippen LogP contribution in [-0.4, -0.2) is 29.0 Å². The lowest BCUT2D eigenvalue weighted by molar-refractivity contribution is -0.123. The molecular formula is C23H19FN2O3S. The third kappa shape index (κ3) is 2.76. The summed E-state index contributed by atoms with van der Waals surface area (Å²) in [5.41, 5.74) is 3.25. The quantitative estimate of drug-likeness (QED) is 0.631. The lowest BCUT2D eigenvalue weighted by atomic mass is 10.1. The van der Waals surface area contributed by atoms with Crippen LogP contribution in [0.3, 0.4) is 0 Å². The third-order valence-corrected chi connectivity index (χ3v) is 7.01. The molecule has 1 aromatic heterocycles. The standard InChI is InChI=1S/C23H19FN2O3S/c1-15-4-6-16(7-5-15)14-25-19-9-8-17(24)13-18(19)23(22(25)28)26(10-12-30-23)21(27)20-3-2-11-29-20/h2-9,11,13H,10,12,14H2,1H3. The van der Waals surface area contributed by atoms with Crippen molar-refractivity contribution in [3.63, 3.8) is 0 Å². The largest absolute Gasteiger partial charge is 0.459 e. The number of fused-ring (bicyclic) bond motifs is 2. The first-order valence-corrected chi connectivity index (χ1v) is 10.7. The Kier molecular flexibility index (Phi) is 4.43. The van der Waals surface area contributed by atoms with Crippen molar-refractivity contribution in [1.29, 1.82) is 0 Å². The molecule has 152 valence electrons. The van der Waals surface area contributed by atoms with Gasteiger partial charge in [-0.2, -0.15) is 0 Å². The van der Waals surface area contributed by atoms with Crippen LogP contribution in [0.4, 0.5) is 10.1 Å². The Labute approximate surface area is 177 Å². The van der Waals surface area contributed by atoms with Gasteiger partial charge < -0.3 is 14.2 Å². The second-order valence-electron chi connectivity index (χ2n) is 7.46. The van der Waals surface area contributed by atoms with Gasteiger partial charge >= 0.3 is 0 Å². The van der Waals surface area contributed by atoms with Gasteiger partial charge in [-0.05, 0) is 42.8 Å². The Morgan fingerprint density at radius 1 is 1.20 bits per heavy atom. The Balaban J connectivity index is 1.60. The molecule has 3 heterocycles. The van der Waals surface area contributed by atoms with Crippen LogP contribution < -0.4 is 4.90 Å². The molecule has 1 unspecified atom stereocenters. The van der Waals surface area contributed by atoms with E-state index in [1.54, 1.807) is 23.1 Å². The van der Waals surface area contributed by atoms with Crippen molar-refractivity contribution < 1.29 is 18.4 Å². The summed E-state index contributed by atoms with van der Waals surface area (Å²) in [6.45, 7) is 2.73. The molecule has 5 nitrogen and oxygen atoms in total. The maximum atomic E-state index is 14.3. The molecule has 0 aliphatic carbocycles. The van der Waals surface area contributed by atoms with E-state index in [1.165, 1.54) is 35.1 Å². The molecule has 0 saturated carbocycles. The lowest BCUT2D eigenvalue weighted by Crippen LogP contribution is -2.50. The number of hydrogen-bond acceptors (Lipinski definition) is 4. The van der Waals surface area contributed by atoms with Crippen molar-refractivity contribution in [2.45, 2.75) is 18.3 Å². The van der Waals surface area contributed by atoms with Gasteiger partial charge in [0.2, 0.25) is 0 Å². The minimum atomic E-state index is -1.29. The van der Waals surface area contributed by atoms with Gasteiger partial charge in [-0.3, -0.25) is 9.59 Å². The van der Waals surface area contributed by atoms with Crippen molar-refractivity contribution in [3.8, 4) is 0 Å². The summed E-state index contributed by atoms with van der Waals surface area (Å²) in [7, 11) is 0. The molecule has 1 atom stereocenters. The molecule has 2 aliphatic rings. The number of amides is 2. The minimum absolute atomic E-state index is 0.166. The summed E-state index contributed by atoms with van der Waals surface area (Å²) in [6, 6.07) is 15.5. The van der Waals surface area contributed by atoms with Crippen LogP contribution in [0.5, 0.6) is 0 Å². The maximum Gasteiger partial charge on any atom is 0.291 e. The first-order valence-electron chi connectivity index (χ1n) is 9.68. The van der Waals surface area contributed by atoms with Gasteiger partial charge in [-0.25, -0.2) is 4.39 Å². The van der Waals surface area contributed by atoms with E-state index >= 15 is 0 Å². The summed E-state index contributed by atoms with van der Waals surface area (Å²) >= 11 is 1.37. The molecule has 30 heavy (non-hydrogen) atoms. The number of anilines is 1. The molecule has 2 amide bonds. The first-order chi connectivity index (χ1) is 14.5. The van der Waals surface area contributed by atoms with Crippen LogP contribution in [0.1, 0.15) is 27.2 Å². The Morgan fingerprint density at radius 2 is 2.00 bits per heavy atom. The van der Waals surface area contributed by atoms with Crippen LogP contribution in [0.25, 0.3) is 0 Å². The van der Waals surface area contributed by atoms with E-state index in [2.05, 4.69) is 0 Å². The topological polar surface area (TPSA) is 53.8 Å². The molecule has 1 fully saturated rings. The summed E-state index contributed by atoms with van der Waals surface area (Å²) in [4.78, 5) is 28.9. The number of carbonyl (C=O) groups is 2. The van der Waals surface area contributed by atoms with Crippen molar-refractivity contribution >= 4 is 29.3 Å². The van der Waals surface area contributed by atoms with Crippen molar-refractivity contribution in [3.05, 3.63) is 89.1 Å². The van der Waals surface area contributed by atoms with Gasteiger partial charge in [0, 0.05) is 17.9 Å². The van der Waals surface area contributed by atoms with E-state index in [-0.39, 0.29) is 17.6 Å². The fourth-order valence-corrected chi connectivity index (χ4v) is 5.61. The molecule has 1 spiro atoms. The Bertz CT molecular complexity index is 1130. The fourth-order valence-electron chi connectivity index (χ4n) is 4.15. The fraction of sp³-hybridized carbons (Fsp3) is 0.217. The number of furan rings is 1. The van der Waals surface area contributed by atoms with Crippen LogP contribution in [-0.2, 0) is 16.2 Å². The molecule has 0 radical (unpaired) electrons. The van der Waals surface area contributed by atoms with Crippen LogP contribution in [0.2, 0.25) is 0 Å². The normalized spacial score (nSPS) is 20.3. The molecule has 1 saturated heterocycles. The Morgan fingerprint density at radius 3 is 2.73 bits per heavy atom. The van der Waals surface area contributed by atoms with Crippen molar-refractivity contribution in [1.82, 2.24) is 4.90 Å². The zero-order chi connectivity index (χ0) is 20.9. The number of rotatable bonds is 3. The zero-order valence-corrected chi connectivity index (χ0v) is 17.1. The zero-order valence-electron chi connectivity index (χ0n) is 16.3. The smallest absolute Gasteiger partial charge is 0.291 e. The minimum Gasteiger partial charge on any atom is -0.459 e. The average molecular weight is 422 g/mol. The average Bonchev–Trinajstić information content (AvgIpc) is 3.47. The lowest BCUT2D eigenvalue weighted by Gasteiger charge is -2.32. The van der Waals surface area contributed by atoms with E-state index < -0.39 is 10.7 Å². The van der Waals surface area contributed by atoms with Crippen LogP contribution in [0.15, 0.2) is 65.3 Å². The first kappa shape index (κ1) is 18.9. The summed E-state index contributed by atoms with van der Waals surface area (Å²) < 4.78 is 19.6. The molecule has 3 aromatic rings. The monoisotopic (exact) mass is 422 g/mol.